The zero-order valence-corrected chi connectivity index (χ0v) is 15.5. The molecule has 1 aliphatic heterocycles. The number of hydrogen-bond acceptors (Lipinski definition) is 6. The molecule has 7 nitrogen and oxygen atoms in total. The molecule has 0 aromatic carbocycles. The molecule has 0 aliphatic carbocycles. The molecule has 134 valence electrons. The second-order valence-corrected chi connectivity index (χ2v) is 6.75. The van der Waals surface area contributed by atoms with Crippen molar-refractivity contribution >= 4 is 34.0 Å². The molecule has 1 fully saturated rings. The second-order valence-electron chi connectivity index (χ2n) is 5.80. The summed E-state index contributed by atoms with van der Waals surface area (Å²) >= 11 is 1.53. The number of piperazine rings is 1. The molecular formula is C17H24N6OS. The lowest BCUT2D eigenvalue weighted by atomic mass is 10.3. The summed E-state index contributed by atoms with van der Waals surface area (Å²) in [5, 5.41) is 14.5. The number of urea groups is 1. The normalized spacial score (nSPS) is 14.5. The van der Waals surface area contributed by atoms with Gasteiger partial charge in [-0.2, -0.15) is 0 Å². The van der Waals surface area contributed by atoms with Crippen molar-refractivity contribution in [1.82, 2.24) is 15.1 Å². The summed E-state index contributed by atoms with van der Waals surface area (Å²) in [6.45, 7) is 8.94. The van der Waals surface area contributed by atoms with Crippen LogP contribution >= 0.6 is 11.3 Å². The Kier molecular flexibility index (Phi) is 5.70. The van der Waals surface area contributed by atoms with E-state index in [4.69, 9.17) is 0 Å². The Balaban J connectivity index is 1.54. The van der Waals surface area contributed by atoms with Gasteiger partial charge in [0.1, 0.15) is 0 Å². The van der Waals surface area contributed by atoms with Gasteiger partial charge >= 0.3 is 6.03 Å². The fourth-order valence-electron chi connectivity index (χ4n) is 2.88. The van der Waals surface area contributed by atoms with Crippen LogP contribution in [0.4, 0.5) is 21.4 Å². The lowest BCUT2D eigenvalue weighted by molar-refractivity contribution is 0.208. The summed E-state index contributed by atoms with van der Waals surface area (Å²) in [6.07, 6.45) is 0. The van der Waals surface area contributed by atoms with Crippen LogP contribution in [0.1, 0.15) is 13.8 Å². The number of carbonyl (C=O) groups excluding carboxylic acids is 1. The highest BCUT2D eigenvalue weighted by atomic mass is 32.1. The van der Waals surface area contributed by atoms with Crippen LogP contribution in [0, 0.1) is 0 Å². The molecule has 2 amide bonds. The van der Waals surface area contributed by atoms with Gasteiger partial charge in [-0.15, -0.1) is 21.5 Å². The Morgan fingerprint density at radius 1 is 1.16 bits per heavy atom. The molecule has 1 aliphatic rings. The van der Waals surface area contributed by atoms with Gasteiger partial charge in [-0.05, 0) is 43.5 Å². The van der Waals surface area contributed by atoms with E-state index in [1.165, 1.54) is 11.3 Å². The van der Waals surface area contributed by atoms with Crippen LogP contribution in [0.3, 0.4) is 0 Å². The summed E-state index contributed by atoms with van der Waals surface area (Å²) in [5.74, 6) is 1.77. The van der Waals surface area contributed by atoms with Crippen molar-refractivity contribution in [2.75, 3.05) is 54.4 Å². The third kappa shape index (κ3) is 4.19. The number of nitrogens with one attached hydrogen (secondary N) is 1. The molecule has 2 aromatic rings. The van der Waals surface area contributed by atoms with Crippen molar-refractivity contribution < 1.29 is 4.79 Å². The predicted molar refractivity (Wildman–Crippen MR) is 103 cm³/mol. The molecular weight excluding hydrogens is 336 g/mol. The van der Waals surface area contributed by atoms with Gasteiger partial charge in [0.15, 0.2) is 11.6 Å². The van der Waals surface area contributed by atoms with Gasteiger partial charge in [-0.1, -0.05) is 0 Å². The summed E-state index contributed by atoms with van der Waals surface area (Å²) in [7, 11) is 0. The zero-order chi connectivity index (χ0) is 17.6. The molecule has 0 saturated carbocycles. The first-order valence-electron chi connectivity index (χ1n) is 8.64. The van der Waals surface area contributed by atoms with E-state index in [1.807, 2.05) is 34.5 Å². The van der Waals surface area contributed by atoms with Gasteiger partial charge in [0, 0.05) is 39.3 Å². The van der Waals surface area contributed by atoms with Crippen LogP contribution in [-0.2, 0) is 0 Å². The van der Waals surface area contributed by atoms with Crippen LogP contribution in [-0.4, -0.2) is 60.4 Å². The van der Waals surface area contributed by atoms with Crippen molar-refractivity contribution in [3.05, 3.63) is 29.6 Å². The molecule has 0 spiro atoms. The number of rotatable bonds is 5. The maximum Gasteiger partial charge on any atom is 0.322 e. The molecule has 0 bridgehead atoms. The van der Waals surface area contributed by atoms with E-state index in [9.17, 15) is 4.79 Å². The van der Waals surface area contributed by atoms with E-state index in [1.54, 1.807) is 0 Å². The van der Waals surface area contributed by atoms with Crippen LogP contribution in [0.2, 0.25) is 0 Å². The molecule has 3 heterocycles. The highest BCUT2D eigenvalue weighted by Crippen LogP contribution is 2.18. The second kappa shape index (κ2) is 8.15. The van der Waals surface area contributed by atoms with Crippen LogP contribution in [0.15, 0.2) is 29.6 Å². The molecule has 1 N–H and O–H groups in total. The molecule has 2 aromatic heterocycles. The van der Waals surface area contributed by atoms with Gasteiger partial charge in [-0.3, -0.25) is 5.32 Å². The molecule has 0 radical (unpaired) electrons. The highest BCUT2D eigenvalue weighted by Gasteiger charge is 2.22. The number of aromatic nitrogens is 2. The number of nitrogens with zero attached hydrogens (tertiary/aromatic N) is 5. The standard InChI is InChI=1S/C17H24N6OS/c1-3-21(4-2)14-7-8-15(20-19-14)22-9-11-23(12-10-22)17(24)18-16-6-5-13-25-16/h5-8,13H,3-4,9-12H2,1-2H3,(H,18,24). The molecule has 0 unspecified atom stereocenters. The maximum absolute atomic E-state index is 12.3. The number of amides is 2. The first-order valence-corrected chi connectivity index (χ1v) is 9.52. The van der Waals surface area contributed by atoms with Gasteiger partial charge in [-0.25, -0.2) is 4.79 Å². The number of hydrogen-bond donors (Lipinski definition) is 1. The molecule has 25 heavy (non-hydrogen) atoms. The Morgan fingerprint density at radius 3 is 2.48 bits per heavy atom. The molecule has 0 atom stereocenters. The molecule has 8 heteroatoms. The minimum atomic E-state index is -0.0370. The predicted octanol–water partition coefficient (Wildman–Crippen LogP) is 2.74. The first kappa shape index (κ1) is 17.5. The average molecular weight is 360 g/mol. The first-order chi connectivity index (χ1) is 12.2. The van der Waals surface area contributed by atoms with Crippen LogP contribution in [0.5, 0.6) is 0 Å². The molecule has 3 rings (SSSR count). The zero-order valence-electron chi connectivity index (χ0n) is 14.7. The van der Waals surface area contributed by atoms with E-state index < -0.39 is 0 Å². The van der Waals surface area contributed by atoms with E-state index in [0.717, 1.165) is 42.8 Å². The van der Waals surface area contributed by atoms with Crippen LogP contribution < -0.4 is 15.1 Å². The smallest absolute Gasteiger partial charge is 0.322 e. The molecule has 1 saturated heterocycles. The number of carbonyl (C=O) groups is 1. The van der Waals surface area contributed by atoms with E-state index in [0.29, 0.717) is 13.1 Å². The van der Waals surface area contributed by atoms with Gasteiger partial charge in [0.05, 0.1) is 5.00 Å². The summed E-state index contributed by atoms with van der Waals surface area (Å²) in [5.41, 5.74) is 0. The SMILES string of the molecule is CCN(CC)c1ccc(N2CCN(C(=O)Nc3cccs3)CC2)nn1. The largest absolute Gasteiger partial charge is 0.356 e. The van der Waals surface area contributed by atoms with Crippen molar-refractivity contribution in [2.24, 2.45) is 0 Å². The Hall–Kier alpha value is -2.35. The topological polar surface area (TPSA) is 64.6 Å². The minimum absolute atomic E-state index is 0.0370. The van der Waals surface area contributed by atoms with Crippen molar-refractivity contribution in [3.63, 3.8) is 0 Å². The third-order valence-electron chi connectivity index (χ3n) is 4.37. The lowest BCUT2D eigenvalue weighted by Crippen LogP contribution is -2.50. The Labute approximate surface area is 152 Å². The van der Waals surface area contributed by atoms with E-state index in [2.05, 4.69) is 39.2 Å². The quantitative estimate of drug-likeness (QED) is 0.888. The van der Waals surface area contributed by atoms with Gasteiger partial charge in [0.2, 0.25) is 0 Å². The Morgan fingerprint density at radius 2 is 1.92 bits per heavy atom. The summed E-state index contributed by atoms with van der Waals surface area (Å²) in [4.78, 5) is 18.4. The Bertz CT molecular complexity index is 663. The number of anilines is 3. The highest BCUT2D eigenvalue weighted by molar-refractivity contribution is 7.14. The van der Waals surface area contributed by atoms with Crippen molar-refractivity contribution in [1.29, 1.82) is 0 Å². The summed E-state index contributed by atoms with van der Waals surface area (Å²) < 4.78 is 0. The minimum Gasteiger partial charge on any atom is -0.356 e. The lowest BCUT2D eigenvalue weighted by Gasteiger charge is -2.35. The van der Waals surface area contributed by atoms with E-state index in [-0.39, 0.29) is 6.03 Å². The van der Waals surface area contributed by atoms with Gasteiger partial charge < -0.3 is 14.7 Å². The van der Waals surface area contributed by atoms with Crippen molar-refractivity contribution in [2.45, 2.75) is 13.8 Å². The monoisotopic (exact) mass is 360 g/mol. The van der Waals surface area contributed by atoms with Crippen molar-refractivity contribution in [3.8, 4) is 0 Å². The van der Waals surface area contributed by atoms with Crippen LogP contribution in [0.25, 0.3) is 0 Å². The van der Waals surface area contributed by atoms with E-state index >= 15 is 0 Å². The fourth-order valence-corrected chi connectivity index (χ4v) is 3.48. The summed E-state index contributed by atoms with van der Waals surface area (Å²) in [6, 6.07) is 7.84. The fraction of sp³-hybridized carbons (Fsp3) is 0.471. The maximum atomic E-state index is 12.3. The average Bonchev–Trinajstić information content (AvgIpc) is 3.16. The van der Waals surface area contributed by atoms with Gasteiger partial charge in [0.25, 0.3) is 0 Å². The third-order valence-corrected chi connectivity index (χ3v) is 5.15. The number of thiophene rings is 1.